The van der Waals surface area contributed by atoms with Gasteiger partial charge in [0.1, 0.15) is 42.9 Å². The molecule has 194 valence electrons. The van der Waals surface area contributed by atoms with Crippen LogP contribution in [0.15, 0.2) is 41.4 Å². The number of halogens is 1. The van der Waals surface area contributed by atoms with Crippen LogP contribution < -0.4 is 0 Å². The fourth-order valence-corrected chi connectivity index (χ4v) is 6.74. The standard InChI is InChI=1S/C27H31BrO8/c1-15(28)13-18(32-26(30)16-5-3-2-4-6-16)9-11-27-14-20-22(35-27)23-24(34-20)25(36-27)21-19(33-23)8-7-17(31-21)10-12-29/h2-6,12,17-25H,1,7-11,13-14H2. The number of carbonyl (C=O) groups is 2. The molecular weight excluding hydrogens is 532 g/mol. The molecule has 6 aliphatic rings. The number of carbonyl (C=O) groups excluding carboxylic acids is 2. The van der Waals surface area contributed by atoms with Gasteiger partial charge in [0.2, 0.25) is 0 Å². The van der Waals surface area contributed by atoms with Crippen LogP contribution in [0.1, 0.15) is 55.3 Å². The van der Waals surface area contributed by atoms with Crippen LogP contribution in [0.25, 0.3) is 0 Å². The minimum Gasteiger partial charge on any atom is -0.458 e. The minimum absolute atomic E-state index is 0.0993. The van der Waals surface area contributed by atoms with E-state index >= 15 is 0 Å². The molecule has 6 heterocycles. The Labute approximate surface area is 218 Å². The van der Waals surface area contributed by atoms with Crippen LogP contribution in [0.4, 0.5) is 0 Å². The number of hydrogen-bond donors (Lipinski definition) is 0. The Morgan fingerprint density at radius 2 is 1.81 bits per heavy atom. The number of fused-ring (bicyclic) bond motifs is 1. The Kier molecular flexibility index (Phi) is 6.81. The van der Waals surface area contributed by atoms with Crippen LogP contribution >= 0.6 is 15.9 Å². The molecule has 7 rings (SSSR count). The van der Waals surface area contributed by atoms with Gasteiger partial charge in [0.05, 0.1) is 23.9 Å². The van der Waals surface area contributed by atoms with Gasteiger partial charge in [-0.05, 0) is 35.9 Å². The lowest BCUT2D eigenvalue weighted by molar-refractivity contribution is -0.292. The SMILES string of the molecule is C=C(Br)CC(CCC12CC3OC4C(OC5CCC(CC=O)OC5C4O1)C3O2)OC(=O)c1ccccc1. The normalized spacial score (nSPS) is 40.8. The quantitative estimate of drug-likeness (QED) is 0.331. The van der Waals surface area contributed by atoms with E-state index in [-0.39, 0.29) is 54.8 Å². The number of ether oxygens (including phenoxy) is 6. The molecule has 1 aromatic rings. The molecule has 0 aliphatic carbocycles. The van der Waals surface area contributed by atoms with Gasteiger partial charge in [0, 0.05) is 25.7 Å². The summed E-state index contributed by atoms with van der Waals surface area (Å²) in [6.45, 7) is 3.94. The summed E-state index contributed by atoms with van der Waals surface area (Å²) in [5.74, 6) is -1.23. The number of aldehydes is 1. The zero-order valence-corrected chi connectivity index (χ0v) is 21.5. The Morgan fingerprint density at radius 1 is 1.06 bits per heavy atom. The molecule has 9 heteroatoms. The fraction of sp³-hybridized carbons (Fsp3) is 0.630. The predicted molar refractivity (Wildman–Crippen MR) is 131 cm³/mol. The van der Waals surface area contributed by atoms with Gasteiger partial charge >= 0.3 is 5.97 Å². The second kappa shape index (κ2) is 9.93. The topological polar surface area (TPSA) is 89.5 Å². The maximum absolute atomic E-state index is 12.7. The van der Waals surface area contributed by atoms with Gasteiger partial charge in [-0.2, -0.15) is 0 Å². The van der Waals surface area contributed by atoms with Crippen LogP contribution in [0.3, 0.4) is 0 Å². The Morgan fingerprint density at radius 3 is 2.58 bits per heavy atom. The highest BCUT2D eigenvalue weighted by atomic mass is 79.9. The largest absolute Gasteiger partial charge is 0.458 e. The lowest BCUT2D eigenvalue weighted by atomic mass is 9.87. The summed E-state index contributed by atoms with van der Waals surface area (Å²) in [6, 6.07) is 8.96. The van der Waals surface area contributed by atoms with Crippen molar-refractivity contribution in [2.75, 3.05) is 0 Å². The number of benzene rings is 1. The van der Waals surface area contributed by atoms with Crippen molar-refractivity contribution in [3.63, 3.8) is 0 Å². The van der Waals surface area contributed by atoms with Gasteiger partial charge in [0.15, 0.2) is 5.79 Å². The van der Waals surface area contributed by atoms with Crippen molar-refractivity contribution < 1.29 is 38.0 Å². The predicted octanol–water partition coefficient (Wildman–Crippen LogP) is 3.85. The lowest BCUT2D eigenvalue weighted by Crippen LogP contribution is -2.61. The van der Waals surface area contributed by atoms with Gasteiger partial charge < -0.3 is 33.2 Å². The summed E-state index contributed by atoms with van der Waals surface area (Å²) in [4.78, 5) is 23.8. The molecule has 0 aromatic heterocycles. The highest BCUT2D eigenvalue weighted by molar-refractivity contribution is 9.11. The maximum atomic E-state index is 12.7. The summed E-state index contributed by atoms with van der Waals surface area (Å²) in [7, 11) is 0. The van der Waals surface area contributed by atoms with Gasteiger partial charge in [0.25, 0.3) is 0 Å². The van der Waals surface area contributed by atoms with E-state index in [1.807, 2.05) is 18.2 Å². The lowest BCUT2D eigenvalue weighted by Gasteiger charge is -2.47. The molecule has 10 unspecified atom stereocenters. The first kappa shape index (κ1) is 24.7. The van der Waals surface area contributed by atoms with Crippen molar-refractivity contribution in [3.05, 3.63) is 47.0 Å². The van der Waals surface area contributed by atoms with Crippen molar-refractivity contribution >= 4 is 28.2 Å². The van der Waals surface area contributed by atoms with Crippen LogP contribution in [-0.2, 0) is 33.2 Å². The zero-order valence-electron chi connectivity index (χ0n) is 20.0. The molecule has 0 radical (unpaired) electrons. The third-order valence-corrected chi connectivity index (χ3v) is 8.29. The van der Waals surface area contributed by atoms with Gasteiger partial charge in [-0.1, -0.05) is 40.7 Å². The maximum Gasteiger partial charge on any atom is 0.338 e. The molecule has 10 atom stereocenters. The van der Waals surface area contributed by atoms with Crippen molar-refractivity contribution in [1.29, 1.82) is 0 Å². The van der Waals surface area contributed by atoms with E-state index in [9.17, 15) is 9.59 Å². The van der Waals surface area contributed by atoms with Gasteiger partial charge in [-0.15, -0.1) is 0 Å². The van der Waals surface area contributed by atoms with E-state index < -0.39 is 11.9 Å². The first-order valence-corrected chi connectivity index (χ1v) is 13.6. The van der Waals surface area contributed by atoms with Crippen molar-refractivity contribution in [2.24, 2.45) is 0 Å². The zero-order chi connectivity index (χ0) is 24.9. The summed E-state index contributed by atoms with van der Waals surface area (Å²) in [5, 5.41) is 0. The van der Waals surface area contributed by atoms with Crippen LogP contribution in [0.2, 0.25) is 0 Å². The minimum atomic E-state index is -0.867. The summed E-state index contributed by atoms with van der Waals surface area (Å²) in [6.07, 6.45) is 3.01. The van der Waals surface area contributed by atoms with E-state index in [1.165, 1.54) is 0 Å². The molecule has 6 saturated heterocycles. The smallest absolute Gasteiger partial charge is 0.338 e. The summed E-state index contributed by atoms with van der Waals surface area (Å²) in [5.41, 5.74) is 0.509. The average Bonchev–Trinajstić information content (AvgIpc) is 3.28. The third-order valence-electron chi connectivity index (χ3n) is 7.97. The van der Waals surface area contributed by atoms with E-state index in [2.05, 4.69) is 22.5 Å². The first-order chi connectivity index (χ1) is 17.4. The molecule has 6 bridgehead atoms. The molecule has 6 fully saturated rings. The monoisotopic (exact) mass is 562 g/mol. The van der Waals surface area contributed by atoms with Gasteiger partial charge in [-0.25, -0.2) is 4.79 Å². The molecule has 0 spiro atoms. The molecule has 36 heavy (non-hydrogen) atoms. The average molecular weight is 563 g/mol. The highest BCUT2D eigenvalue weighted by Gasteiger charge is 2.68. The molecule has 8 nitrogen and oxygen atoms in total. The van der Waals surface area contributed by atoms with Crippen LogP contribution in [-0.4, -0.2) is 73.0 Å². The van der Waals surface area contributed by atoms with Crippen molar-refractivity contribution in [1.82, 2.24) is 0 Å². The Hall–Kier alpha value is -1.62. The highest BCUT2D eigenvalue weighted by Crippen LogP contribution is 2.54. The molecule has 0 amide bonds. The second-order valence-electron chi connectivity index (χ2n) is 10.4. The molecule has 0 saturated carbocycles. The van der Waals surface area contributed by atoms with Crippen LogP contribution in [0, 0.1) is 0 Å². The van der Waals surface area contributed by atoms with Crippen LogP contribution in [0.5, 0.6) is 0 Å². The van der Waals surface area contributed by atoms with Crippen molar-refractivity contribution in [3.8, 4) is 0 Å². The Bertz CT molecular complexity index is 1000. The molecule has 6 aliphatic heterocycles. The van der Waals surface area contributed by atoms with E-state index in [1.54, 1.807) is 12.1 Å². The van der Waals surface area contributed by atoms with Gasteiger partial charge in [-0.3, -0.25) is 0 Å². The molecule has 0 N–H and O–H groups in total. The summed E-state index contributed by atoms with van der Waals surface area (Å²) < 4.78 is 39.0. The fourth-order valence-electron chi connectivity index (χ4n) is 6.38. The number of esters is 1. The third kappa shape index (κ3) is 4.59. The number of rotatable bonds is 9. The molecular formula is C27H31BrO8. The van der Waals surface area contributed by atoms with E-state index in [0.29, 0.717) is 37.7 Å². The Balaban J connectivity index is 1.18. The summed E-state index contributed by atoms with van der Waals surface area (Å²) >= 11 is 3.42. The van der Waals surface area contributed by atoms with E-state index in [4.69, 9.17) is 28.4 Å². The van der Waals surface area contributed by atoms with E-state index in [0.717, 1.165) is 23.6 Å². The first-order valence-electron chi connectivity index (χ1n) is 12.8. The number of hydrogen-bond acceptors (Lipinski definition) is 8. The van der Waals surface area contributed by atoms with Crippen molar-refractivity contribution in [2.45, 2.75) is 106 Å². The second-order valence-corrected chi connectivity index (χ2v) is 11.5. The molecule has 1 aromatic carbocycles.